The Labute approximate surface area is 102 Å². The van der Waals surface area contributed by atoms with E-state index in [9.17, 15) is 4.39 Å². The molecule has 1 aromatic rings. The second-order valence-corrected chi connectivity index (χ2v) is 4.73. The molecular weight excluding hydrogens is 217 g/mol. The van der Waals surface area contributed by atoms with Crippen molar-refractivity contribution in [3.63, 3.8) is 0 Å². The van der Waals surface area contributed by atoms with Crippen LogP contribution in [0.25, 0.3) is 0 Å². The number of hydrogen-bond acceptors (Lipinski definition) is 2. The molecule has 0 aliphatic carbocycles. The molecule has 0 aromatic heterocycles. The molecule has 0 amide bonds. The van der Waals surface area contributed by atoms with Crippen LogP contribution in [-0.2, 0) is 0 Å². The van der Waals surface area contributed by atoms with E-state index in [0.717, 1.165) is 19.3 Å². The van der Waals surface area contributed by atoms with Gasteiger partial charge in [0.2, 0.25) is 0 Å². The molecule has 0 N–H and O–H groups in total. The van der Waals surface area contributed by atoms with E-state index in [2.05, 4.69) is 6.07 Å². The SMILES string of the molecule is CC(C)(C#N)CCCCOc1ccccc1F. The topological polar surface area (TPSA) is 33.0 Å². The quantitative estimate of drug-likeness (QED) is 0.700. The number of unbranched alkanes of at least 4 members (excludes halogenated alkanes) is 1. The largest absolute Gasteiger partial charge is 0.491 e. The van der Waals surface area contributed by atoms with Crippen molar-refractivity contribution in [3.05, 3.63) is 30.1 Å². The van der Waals surface area contributed by atoms with Gasteiger partial charge >= 0.3 is 0 Å². The number of ether oxygens (including phenoxy) is 1. The molecule has 0 spiro atoms. The lowest BCUT2D eigenvalue weighted by Crippen LogP contribution is -2.08. The van der Waals surface area contributed by atoms with Gasteiger partial charge in [0.1, 0.15) is 0 Å². The lowest BCUT2D eigenvalue weighted by molar-refractivity contribution is 0.282. The first kappa shape index (κ1) is 13.5. The fourth-order valence-electron chi connectivity index (χ4n) is 1.47. The number of nitriles is 1. The Kier molecular flexibility index (Phi) is 4.96. The van der Waals surface area contributed by atoms with Crippen molar-refractivity contribution in [1.29, 1.82) is 5.26 Å². The molecule has 17 heavy (non-hydrogen) atoms. The Bertz CT molecular complexity index is 395. The van der Waals surface area contributed by atoms with Gasteiger partial charge in [-0.1, -0.05) is 12.1 Å². The zero-order chi connectivity index (χ0) is 12.7. The Morgan fingerprint density at radius 2 is 2.00 bits per heavy atom. The lowest BCUT2D eigenvalue weighted by Gasteiger charge is -2.14. The minimum absolute atomic E-state index is 0.280. The Morgan fingerprint density at radius 3 is 2.65 bits per heavy atom. The Hall–Kier alpha value is -1.56. The molecule has 92 valence electrons. The first-order valence-electron chi connectivity index (χ1n) is 5.84. The number of nitrogens with zero attached hydrogens (tertiary/aromatic N) is 1. The summed E-state index contributed by atoms with van der Waals surface area (Å²) in [5, 5.41) is 8.83. The van der Waals surface area contributed by atoms with Crippen molar-refractivity contribution in [2.45, 2.75) is 33.1 Å². The van der Waals surface area contributed by atoms with E-state index in [4.69, 9.17) is 10.00 Å². The van der Waals surface area contributed by atoms with Gasteiger partial charge in [-0.2, -0.15) is 5.26 Å². The molecule has 3 heteroatoms. The van der Waals surface area contributed by atoms with Crippen LogP contribution >= 0.6 is 0 Å². The molecule has 0 aliphatic rings. The molecule has 0 bridgehead atoms. The van der Waals surface area contributed by atoms with E-state index < -0.39 is 0 Å². The average molecular weight is 235 g/mol. The average Bonchev–Trinajstić information content (AvgIpc) is 2.31. The number of benzene rings is 1. The molecule has 0 fully saturated rings. The fraction of sp³-hybridized carbons (Fsp3) is 0.500. The standard InChI is InChI=1S/C14H18FNO/c1-14(2,11-16)9-5-6-10-17-13-8-4-3-7-12(13)15/h3-4,7-8H,5-6,9-10H2,1-2H3. The van der Waals surface area contributed by atoms with Gasteiger partial charge in [-0.25, -0.2) is 4.39 Å². The summed E-state index contributed by atoms with van der Waals surface area (Å²) in [5.41, 5.74) is -0.280. The van der Waals surface area contributed by atoms with Gasteiger partial charge in [-0.15, -0.1) is 0 Å². The second kappa shape index (κ2) is 6.24. The van der Waals surface area contributed by atoms with Crippen molar-refractivity contribution in [2.75, 3.05) is 6.61 Å². The summed E-state index contributed by atoms with van der Waals surface area (Å²) in [4.78, 5) is 0. The minimum Gasteiger partial charge on any atom is -0.491 e. The predicted octanol–water partition coefficient (Wildman–Crippen LogP) is 3.92. The van der Waals surface area contributed by atoms with Crippen LogP contribution in [0.1, 0.15) is 33.1 Å². The first-order chi connectivity index (χ1) is 8.05. The lowest BCUT2D eigenvalue weighted by atomic mass is 9.89. The van der Waals surface area contributed by atoms with Crippen LogP contribution in [0.4, 0.5) is 4.39 Å². The zero-order valence-electron chi connectivity index (χ0n) is 10.4. The van der Waals surface area contributed by atoms with E-state index in [1.165, 1.54) is 6.07 Å². The first-order valence-corrected chi connectivity index (χ1v) is 5.84. The maximum atomic E-state index is 13.2. The number of para-hydroxylation sites is 1. The summed E-state index contributed by atoms with van der Waals surface area (Å²) in [5.74, 6) is -0.0306. The van der Waals surface area contributed by atoms with Crippen molar-refractivity contribution in [1.82, 2.24) is 0 Å². The predicted molar refractivity (Wildman–Crippen MR) is 65.1 cm³/mol. The van der Waals surface area contributed by atoms with Gasteiger partial charge in [0.25, 0.3) is 0 Å². The van der Waals surface area contributed by atoms with Gasteiger partial charge in [0.05, 0.1) is 18.1 Å². The molecule has 0 saturated heterocycles. The number of rotatable bonds is 6. The van der Waals surface area contributed by atoms with Gasteiger partial charge in [0, 0.05) is 0 Å². The molecule has 0 radical (unpaired) electrons. The van der Waals surface area contributed by atoms with Gasteiger partial charge in [0.15, 0.2) is 11.6 Å². The summed E-state index contributed by atoms with van der Waals surface area (Å²) in [7, 11) is 0. The van der Waals surface area contributed by atoms with Crippen LogP contribution in [0.3, 0.4) is 0 Å². The maximum Gasteiger partial charge on any atom is 0.165 e. The molecule has 0 heterocycles. The summed E-state index contributed by atoms with van der Waals surface area (Å²) in [6.07, 6.45) is 2.58. The minimum atomic E-state index is -0.329. The Balaban J connectivity index is 2.22. The highest BCUT2D eigenvalue weighted by atomic mass is 19.1. The van der Waals surface area contributed by atoms with Crippen molar-refractivity contribution in [2.24, 2.45) is 5.41 Å². The monoisotopic (exact) mass is 235 g/mol. The molecule has 1 rings (SSSR count). The van der Waals surface area contributed by atoms with Gasteiger partial charge < -0.3 is 4.74 Å². The van der Waals surface area contributed by atoms with E-state index in [1.54, 1.807) is 18.2 Å². The van der Waals surface area contributed by atoms with E-state index in [-0.39, 0.29) is 11.2 Å². The number of halogens is 1. The third kappa shape index (κ3) is 4.86. The molecule has 0 atom stereocenters. The molecule has 0 saturated carbocycles. The van der Waals surface area contributed by atoms with Crippen LogP contribution in [0, 0.1) is 22.6 Å². The van der Waals surface area contributed by atoms with Crippen molar-refractivity contribution < 1.29 is 9.13 Å². The van der Waals surface area contributed by atoms with E-state index in [1.807, 2.05) is 13.8 Å². The van der Waals surface area contributed by atoms with Crippen LogP contribution in [-0.4, -0.2) is 6.61 Å². The van der Waals surface area contributed by atoms with Gasteiger partial charge in [-0.3, -0.25) is 0 Å². The third-order valence-corrected chi connectivity index (χ3v) is 2.59. The van der Waals surface area contributed by atoms with Crippen LogP contribution in [0.5, 0.6) is 5.75 Å². The maximum absolute atomic E-state index is 13.2. The summed E-state index contributed by atoms with van der Waals surface area (Å²) < 4.78 is 18.5. The summed E-state index contributed by atoms with van der Waals surface area (Å²) in [6.45, 7) is 4.33. The second-order valence-electron chi connectivity index (χ2n) is 4.73. The highest BCUT2D eigenvalue weighted by Gasteiger charge is 2.15. The molecule has 0 aliphatic heterocycles. The van der Waals surface area contributed by atoms with Crippen molar-refractivity contribution in [3.8, 4) is 11.8 Å². The van der Waals surface area contributed by atoms with Crippen LogP contribution in [0.15, 0.2) is 24.3 Å². The van der Waals surface area contributed by atoms with Crippen LogP contribution in [0.2, 0.25) is 0 Å². The summed E-state index contributed by atoms with van der Waals surface area (Å²) in [6, 6.07) is 8.64. The van der Waals surface area contributed by atoms with Crippen LogP contribution < -0.4 is 4.74 Å². The number of hydrogen-bond donors (Lipinski definition) is 0. The highest BCUT2D eigenvalue weighted by Crippen LogP contribution is 2.22. The fourth-order valence-corrected chi connectivity index (χ4v) is 1.47. The molecule has 0 unspecified atom stereocenters. The Morgan fingerprint density at radius 1 is 1.29 bits per heavy atom. The van der Waals surface area contributed by atoms with E-state index >= 15 is 0 Å². The summed E-state index contributed by atoms with van der Waals surface area (Å²) >= 11 is 0. The van der Waals surface area contributed by atoms with Crippen molar-refractivity contribution >= 4 is 0 Å². The highest BCUT2D eigenvalue weighted by molar-refractivity contribution is 5.23. The third-order valence-electron chi connectivity index (χ3n) is 2.59. The zero-order valence-corrected chi connectivity index (χ0v) is 10.4. The smallest absolute Gasteiger partial charge is 0.165 e. The van der Waals surface area contributed by atoms with Gasteiger partial charge in [-0.05, 0) is 45.2 Å². The molecule has 1 aromatic carbocycles. The molecular formula is C14H18FNO. The normalized spacial score (nSPS) is 10.9. The van der Waals surface area contributed by atoms with E-state index in [0.29, 0.717) is 12.4 Å². The molecule has 2 nitrogen and oxygen atoms in total.